The zero-order valence-corrected chi connectivity index (χ0v) is 13.8. The number of hydrogen-bond acceptors (Lipinski definition) is 1. The molecule has 1 aliphatic carbocycles. The molecular weight excluding hydrogens is 302 g/mol. The van der Waals surface area contributed by atoms with Gasteiger partial charge in [0.25, 0.3) is 0 Å². The quantitative estimate of drug-likeness (QED) is 0.422. The Hall–Kier alpha value is -3.19. The molecule has 5 rings (SSSR count). The summed E-state index contributed by atoms with van der Waals surface area (Å²) in [5.41, 5.74) is 7.40. The van der Waals surface area contributed by atoms with Crippen LogP contribution in [0, 0.1) is 0 Å². The number of pyridine rings is 1. The van der Waals surface area contributed by atoms with Gasteiger partial charge in [0.2, 0.25) is 0 Å². The summed E-state index contributed by atoms with van der Waals surface area (Å²) in [5, 5.41) is 0. The number of nitrogens with zero attached hydrogens (tertiary/aromatic N) is 1. The molecule has 0 radical (unpaired) electrons. The van der Waals surface area contributed by atoms with Crippen LogP contribution < -0.4 is 0 Å². The molecule has 1 nitrogen and oxygen atoms in total. The summed E-state index contributed by atoms with van der Waals surface area (Å²) < 4.78 is 0. The van der Waals surface area contributed by atoms with Gasteiger partial charge in [-0.1, -0.05) is 84.9 Å². The molecule has 0 unspecified atom stereocenters. The fraction of sp³-hybridized carbons (Fsp3) is 0.0417. The molecule has 0 amide bonds. The van der Waals surface area contributed by atoms with Gasteiger partial charge in [0.15, 0.2) is 0 Å². The Morgan fingerprint density at radius 1 is 0.520 bits per heavy atom. The number of rotatable bonds is 2. The van der Waals surface area contributed by atoms with E-state index in [0.29, 0.717) is 0 Å². The first-order valence-electron chi connectivity index (χ1n) is 8.58. The van der Waals surface area contributed by atoms with Crippen molar-refractivity contribution in [1.82, 2.24) is 4.98 Å². The van der Waals surface area contributed by atoms with E-state index in [-0.39, 0.29) is 5.41 Å². The fourth-order valence-corrected chi connectivity index (χ4v) is 4.28. The number of hydrogen-bond donors (Lipinski definition) is 0. The van der Waals surface area contributed by atoms with E-state index in [2.05, 4.69) is 96.0 Å². The highest BCUT2D eigenvalue weighted by Gasteiger charge is 2.45. The number of fused-ring (bicyclic) bond motifs is 3. The lowest BCUT2D eigenvalue weighted by Crippen LogP contribution is -2.28. The molecule has 1 aliphatic rings. The van der Waals surface area contributed by atoms with Crippen LogP contribution in [0.5, 0.6) is 0 Å². The van der Waals surface area contributed by atoms with Gasteiger partial charge in [-0.3, -0.25) is 4.98 Å². The van der Waals surface area contributed by atoms with E-state index in [4.69, 9.17) is 0 Å². The minimum Gasteiger partial charge on any atom is -0.264 e. The maximum absolute atomic E-state index is 4.49. The molecule has 0 bridgehead atoms. The highest BCUT2D eigenvalue weighted by molar-refractivity contribution is 5.85. The van der Waals surface area contributed by atoms with Gasteiger partial charge >= 0.3 is 0 Å². The Labute approximate surface area is 147 Å². The van der Waals surface area contributed by atoms with Crippen LogP contribution in [0.2, 0.25) is 0 Å². The van der Waals surface area contributed by atoms with E-state index in [1.54, 1.807) is 0 Å². The largest absolute Gasteiger partial charge is 0.264 e. The Morgan fingerprint density at radius 2 is 1.08 bits per heavy atom. The first-order chi connectivity index (χ1) is 12.4. The second-order valence-corrected chi connectivity index (χ2v) is 6.45. The Morgan fingerprint density at radius 3 is 1.76 bits per heavy atom. The Balaban J connectivity index is 1.98. The van der Waals surface area contributed by atoms with Gasteiger partial charge in [-0.25, -0.2) is 0 Å². The summed E-state index contributed by atoms with van der Waals surface area (Å²) in [6.07, 6.45) is 3.93. The minimum atomic E-state index is -0.317. The summed E-state index contributed by atoms with van der Waals surface area (Å²) in [5.74, 6) is 0. The molecule has 1 aromatic heterocycles. The Kier molecular flexibility index (Phi) is 3.07. The van der Waals surface area contributed by atoms with Crippen molar-refractivity contribution < 1.29 is 0 Å². The summed E-state index contributed by atoms with van der Waals surface area (Å²) in [4.78, 5) is 4.49. The van der Waals surface area contributed by atoms with E-state index in [0.717, 1.165) is 0 Å². The van der Waals surface area contributed by atoms with Crippen molar-refractivity contribution in [3.8, 4) is 11.1 Å². The molecule has 0 saturated carbocycles. The van der Waals surface area contributed by atoms with Crippen LogP contribution in [-0.2, 0) is 5.41 Å². The standard InChI is InChI=1S/C24H17N/c1-3-9-18(10-4-1)24(19-11-5-2-6-12-19)22-14-8-7-13-20(22)21-15-16-25-17-23(21)24/h1-17H. The maximum atomic E-state index is 4.49. The lowest BCUT2D eigenvalue weighted by atomic mass is 9.68. The fourth-order valence-electron chi connectivity index (χ4n) is 4.28. The molecule has 0 aliphatic heterocycles. The van der Waals surface area contributed by atoms with Gasteiger partial charge in [0.05, 0.1) is 5.41 Å². The predicted octanol–water partition coefficient (Wildman–Crippen LogP) is 5.44. The van der Waals surface area contributed by atoms with Gasteiger partial charge in [-0.2, -0.15) is 0 Å². The number of aromatic nitrogens is 1. The molecule has 0 spiro atoms. The smallest absolute Gasteiger partial charge is 0.0728 e. The van der Waals surface area contributed by atoms with Crippen LogP contribution in [0.1, 0.15) is 22.3 Å². The van der Waals surface area contributed by atoms with Crippen molar-refractivity contribution in [2.45, 2.75) is 5.41 Å². The first-order valence-corrected chi connectivity index (χ1v) is 8.58. The normalized spacial score (nSPS) is 13.9. The molecule has 0 atom stereocenters. The third kappa shape index (κ3) is 1.87. The summed E-state index contributed by atoms with van der Waals surface area (Å²) >= 11 is 0. The minimum absolute atomic E-state index is 0.317. The van der Waals surface area contributed by atoms with Crippen LogP contribution >= 0.6 is 0 Å². The average Bonchev–Trinajstić information content (AvgIpc) is 3.01. The lowest BCUT2D eigenvalue weighted by molar-refractivity contribution is 0.764. The van der Waals surface area contributed by atoms with Gasteiger partial charge < -0.3 is 0 Å². The third-order valence-electron chi connectivity index (χ3n) is 5.26. The molecule has 0 N–H and O–H groups in total. The monoisotopic (exact) mass is 319 g/mol. The van der Waals surface area contributed by atoms with Crippen molar-refractivity contribution in [3.05, 3.63) is 126 Å². The average molecular weight is 319 g/mol. The van der Waals surface area contributed by atoms with Gasteiger partial charge in [-0.15, -0.1) is 0 Å². The highest BCUT2D eigenvalue weighted by Crippen LogP contribution is 2.55. The lowest BCUT2D eigenvalue weighted by Gasteiger charge is -2.33. The molecule has 3 aromatic carbocycles. The van der Waals surface area contributed by atoms with E-state index in [9.17, 15) is 0 Å². The van der Waals surface area contributed by atoms with Crippen molar-refractivity contribution in [2.24, 2.45) is 0 Å². The first kappa shape index (κ1) is 14.2. The van der Waals surface area contributed by atoms with Crippen molar-refractivity contribution >= 4 is 0 Å². The topological polar surface area (TPSA) is 12.9 Å². The highest BCUT2D eigenvalue weighted by atomic mass is 14.6. The Bertz CT molecular complexity index is 949. The predicted molar refractivity (Wildman–Crippen MR) is 102 cm³/mol. The summed E-state index contributed by atoms with van der Waals surface area (Å²) in [7, 11) is 0. The molecular formula is C24H17N. The van der Waals surface area contributed by atoms with Crippen molar-refractivity contribution in [3.63, 3.8) is 0 Å². The molecule has 0 fully saturated rings. The van der Waals surface area contributed by atoms with E-state index < -0.39 is 0 Å². The van der Waals surface area contributed by atoms with Crippen LogP contribution in [0.3, 0.4) is 0 Å². The molecule has 1 heterocycles. The maximum Gasteiger partial charge on any atom is 0.0728 e. The zero-order valence-electron chi connectivity index (χ0n) is 13.8. The molecule has 0 saturated heterocycles. The van der Waals surface area contributed by atoms with Crippen LogP contribution in [0.25, 0.3) is 11.1 Å². The molecule has 4 aromatic rings. The second kappa shape index (κ2) is 5.42. The van der Waals surface area contributed by atoms with Gasteiger partial charge in [0.1, 0.15) is 0 Å². The molecule has 118 valence electrons. The van der Waals surface area contributed by atoms with E-state index in [1.807, 2.05) is 12.4 Å². The van der Waals surface area contributed by atoms with E-state index >= 15 is 0 Å². The third-order valence-corrected chi connectivity index (χ3v) is 5.26. The molecule has 1 heteroatoms. The van der Waals surface area contributed by atoms with Crippen molar-refractivity contribution in [2.75, 3.05) is 0 Å². The summed E-state index contributed by atoms with van der Waals surface area (Å²) in [6.45, 7) is 0. The van der Waals surface area contributed by atoms with Gasteiger partial charge in [-0.05, 0) is 39.4 Å². The van der Waals surface area contributed by atoms with Crippen molar-refractivity contribution in [1.29, 1.82) is 0 Å². The number of benzene rings is 3. The van der Waals surface area contributed by atoms with Crippen LogP contribution in [0.4, 0.5) is 0 Å². The SMILES string of the molecule is c1ccc(C2(c3ccccc3)c3ccccc3-c3ccncc32)cc1. The van der Waals surface area contributed by atoms with Gasteiger partial charge in [0, 0.05) is 12.4 Å². The second-order valence-electron chi connectivity index (χ2n) is 6.45. The van der Waals surface area contributed by atoms with Crippen LogP contribution in [0.15, 0.2) is 103 Å². The molecule has 25 heavy (non-hydrogen) atoms. The van der Waals surface area contributed by atoms with Crippen LogP contribution in [-0.4, -0.2) is 4.98 Å². The van der Waals surface area contributed by atoms with E-state index in [1.165, 1.54) is 33.4 Å². The zero-order chi connectivity index (χ0) is 16.7. The summed E-state index contributed by atoms with van der Waals surface area (Å²) in [6, 6.07) is 32.4.